The number of aromatic amines is 1. The van der Waals surface area contributed by atoms with E-state index in [4.69, 9.17) is 16.3 Å². The molecule has 6 rings (SSSR count). The Morgan fingerprint density at radius 1 is 1.11 bits per heavy atom. The van der Waals surface area contributed by atoms with Crippen LogP contribution < -0.4 is 4.74 Å². The van der Waals surface area contributed by atoms with Crippen molar-refractivity contribution in [2.24, 2.45) is 11.8 Å². The van der Waals surface area contributed by atoms with Crippen LogP contribution in [0.3, 0.4) is 0 Å². The van der Waals surface area contributed by atoms with Crippen LogP contribution >= 0.6 is 11.6 Å². The topological polar surface area (TPSA) is 107 Å². The molecule has 0 bridgehead atoms. The predicted molar refractivity (Wildman–Crippen MR) is 148 cm³/mol. The number of likely N-dealkylation sites (tertiary alicyclic amines) is 1. The zero-order valence-electron chi connectivity index (χ0n) is 21.1. The van der Waals surface area contributed by atoms with E-state index in [1.165, 1.54) is 0 Å². The number of rotatable bonds is 7. The maximum Gasteiger partial charge on any atom is 0.159 e. The molecule has 4 heterocycles. The first-order valence-corrected chi connectivity index (χ1v) is 14.9. The van der Waals surface area contributed by atoms with Crippen LogP contribution in [0.2, 0.25) is 5.02 Å². The third-order valence-corrected chi connectivity index (χ3v) is 9.54. The standard InChI is InChI=1S/C28H32ClN5O3S/c29-22-7-9-23(10-8-22)37-17-18-2-1-13-34(16-18)28(38(35)36)20-5-3-19(4-6-20)26-25-21(15-32-33-26)14-31-27-24(25)11-12-30-27/h7-12,14-15,18-20,28,33H,1-6,13,16-17H2,(H,35,36)/p-1. The summed E-state index contributed by atoms with van der Waals surface area (Å²) in [7, 11) is 0. The van der Waals surface area contributed by atoms with Gasteiger partial charge in [0.1, 0.15) is 5.75 Å². The summed E-state index contributed by atoms with van der Waals surface area (Å²) in [5, 5.41) is 11.0. The Bertz CT molecular complexity index is 1420. The highest BCUT2D eigenvalue weighted by molar-refractivity contribution is 7.79. The van der Waals surface area contributed by atoms with Crippen molar-refractivity contribution in [1.82, 2.24) is 25.1 Å². The molecule has 2 aliphatic rings. The number of ether oxygens (including phenoxy) is 1. The molecule has 38 heavy (non-hydrogen) atoms. The molecule has 4 aromatic rings. The number of hydrogen-bond donors (Lipinski definition) is 1. The monoisotopic (exact) mass is 552 g/mol. The first-order chi connectivity index (χ1) is 18.6. The Balaban J connectivity index is 1.13. The third-order valence-electron chi connectivity index (χ3n) is 8.21. The Morgan fingerprint density at radius 2 is 1.92 bits per heavy atom. The molecule has 3 aromatic heterocycles. The second-order valence-corrected chi connectivity index (χ2v) is 12.0. The van der Waals surface area contributed by atoms with E-state index in [9.17, 15) is 8.76 Å². The number of pyridine rings is 1. The molecule has 1 saturated carbocycles. The molecule has 0 radical (unpaired) electrons. The molecule has 0 spiro atoms. The van der Waals surface area contributed by atoms with Crippen LogP contribution in [0, 0.1) is 11.8 Å². The lowest BCUT2D eigenvalue weighted by Crippen LogP contribution is -2.50. The summed E-state index contributed by atoms with van der Waals surface area (Å²) in [4.78, 5) is 11.0. The Labute approximate surface area is 229 Å². The number of fused-ring (bicyclic) bond motifs is 3. The molecule has 1 N–H and O–H groups in total. The minimum Gasteiger partial charge on any atom is -0.771 e. The van der Waals surface area contributed by atoms with Crippen LogP contribution in [-0.2, 0) is 11.1 Å². The Hall–Kier alpha value is -2.59. The number of benzene rings is 1. The molecule has 1 aliphatic heterocycles. The van der Waals surface area contributed by atoms with Crippen molar-refractivity contribution in [2.75, 3.05) is 19.7 Å². The highest BCUT2D eigenvalue weighted by Gasteiger charge is 2.35. The van der Waals surface area contributed by atoms with Crippen LogP contribution in [0.15, 0.2) is 48.9 Å². The third kappa shape index (κ3) is 5.30. The van der Waals surface area contributed by atoms with E-state index in [0.717, 1.165) is 84.9 Å². The molecule has 1 aromatic carbocycles. The van der Waals surface area contributed by atoms with Gasteiger partial charge in [0.05, 0.1) is 18.2 Å². The van der Waals surface area contributed by atoms with Crippen molar-refractivity contribution in [3.8, 4) is 5.75 Å². The Kier molecular flexibility index (Phi) is 7.61. The number of H-pyrrole nitrogens is 1. The number of hydrogen-bond acceptors (Lipinski definition) is 7. The van der Waals surface area contributed by atoms with Crippen molar-refractivity contribution in [3.63, 3.8) is 0 Å². The molecule has 200 valence electrons. The van der Waals surface area contributed by atoms with Crippen molar-refractivity contribution in [2.45, 2.75) is 49.8 Å². The van der Waals surface area contributed by atoms with Crippen LogP contribution in [0.4, 0.5) is 0 Å². The molecule has 8 nitrogen and oxygen atoms in total. The van der Waals surface area contributed by atoms with Crippen LogP contribution in [0.25, 0.3) is 21.8 Å². The molecule has 10 heteroatoms. The summed E-state index contributed by atoms with van der Waals surface area (Å²) >= 11 is 3.81. The first kappa shape index (κ1) is 25.7. The summed E-state index contributed by atoms with van der Waals surface area (Å²) in [6.07, 6.45) is 11.0. The molecule has 3 atom stereocenters. The van der Waals surface area contributed by atoms with Gasteiger partial charge in [-0.1, -0.05) is 11.6 Å². The highest BCUT2D eigenvalue weighted by atomic mass is 35.5. The van der Waals surface area contributed by atoms with Gasteiger partial charge < -0.3 is 9.29 Å². The van der Waals surface area contributed by atoms with Gasteiger partial charge in [-0.3, -0.25) is 14.2 Å². The van der Waals surface area contributed by atoms with Gasteiger partial charge in [0.15, 0.2) is 5.65 Å². The highest BCUT2D eigenvalue weighted by Crippen LogP contribution is 2.41. The fourth-order valence-corrected chi connectivity index (χ4v) is 7.52. The number of piperidine rings is 1. The van der Waals surface area contributed by atoms with Gasteiger partial charge in [-0.05, 0) is 92.4 Å². The van der Waals surface area contributed by atoms with Crippen LogP contribution in [0.1, 0.15) is 50.1 Å². The van der Waals surface area contributed by atoms with Gasteiger partial charge >= 0.3 is 0 Å². The van der Waals surface area contributed by atoms with Crippen LogP contribution in [0.5, 0.6) is 5.75 Å². The second kappa shape index (κ2) is 11.3. The van der Waals surface area contributed by atoms with Crippen molar-refractivity contribution < 1.29 is 13.5 Å². The van der Waals surface area contributed by atoms with Gasteiger partial charge in [0.2, 0.25) is 0 Å². The maximum atomic E-state index is 12.5. The summed E-state index contributed by atoms with van der Waals surface area (Å²) in [6, 6.07) is 9.39. The smallest absolute Gasteiger partial charge is 0.159 e. The first-order valence-electron chi connectivity index (χ1n) is 13.3. The quantitative estimate of drug-likeness (QED) is 0.305. The molecule has 0 amide bonds. The number of nitrogens with one attached hydrogen (secondary N) is 1. The van der Waals surface area contributed by atoms with E-state index in [1.807, 2.05) is 42.7 Å². The fraction of sp³-hybridized carbons (Fsp3) is 0.464. The normalized spacial score (nSPS) is 24.4. The number of aromatic nitrogens is 4. The number of halogens is 1. The average Bonchev–Trinajstić information content (AvgIpc) is 3.42. The largest absolute Gasteiger partial charge is 0.771 e. The van der Waals surface area contributed by atoms with Crippen molar-refractivity contribution in [1.29, 1.82) is 0 Å². The fourth-order valence-electron chi connectivity index (χ4n) is 6.38. The zero-order chi connectivity index (χ0) is 26.1. The minimum atomic E-state index is -2.16. The average molecular weight is 553 g/mol. The van der Waals surface area contributed by atoms with Gasteiger partial charge in [0.25, 0.3) is 0 Å². The van der Waals surface area contributed by atoms with E-state index in [0.29, 0.717) is 23.5 Å². The maximum absolute atomic E-state index is 12.5. The molecule has 2 fully saturated rings. The summed E-state index contributed by atoms with van der Waals surface area (Å²) in [6.45, 7) is 2.13. The Morgan fingerprint density at radius 3 is 2.71 bits per heavy atom. The second-order valence-electron chi connectivity index (χ2n) is 10.6. The van der Waals surface area contributed by atoms with E-state index < -0.39 is 16.5 Å². The lowest BCUT2D eigenvalue weighted by atomic mass is 9.78. The van der Waals surface area contributed by atoms with Gasteiger partial charge in [-0.15, -0.1) is 0 Å². The van der Waals surface area contributed by atoms with E-state index in [2.05, 4.69) is 25.1 Å². The van der Waals surface area contributed by atoms with Crippen molar-refractivity contribution >= 4 is 44.5 Å². The van der Waals surface area contributed by atoms with E-state index in [1.54, 1.807) is 6.20 Å². The summed E-state index contributed by atoms with van der Waals surface area (Å²) in [5.41, 5.74) is 1.85. The predicted octanol–water partition coefficient (Wildman–Crippen LogP) is 5.43. The van der Waals surface area contributed by atoms with Gasteiger partial charge in [-0.25, -0.2) is 9.97 Å². The molecule has 1 saturated heterocycles. The zero-order valence-corrected chi connectivity index (χ0v) is 22.7. The summed E-state index contributed by atoms with van der Waals surface area (Å²) < 4.78 is 31.1. The lowest BCUT2D eigenvalue weighted by molar-refractivity contribution is 0.0874. The van der Waals surface area contributed by atoms with Crippen LogP contribution in [-0.4, -0.2) is 58.9 Å². The summed E-state index contributed by atoms with van der Waals surface area (Å²) in [5.74, 6) is 1.50. The lowest BCUT2D eigenvalue weighted by Gasteiger charge is -2.44. The molecule has 1 aliphatic carbocycles. The van der Waals surface area contributed by atoms with Gasteiger partial charge in [0, 0.05) is 57.6 Å². The minimum absolute atomic E-state index is 0.116. The van der Waals surface area contributed by atoms with Gasteiger partial charge in [-0.2, -0.15) is 5.10 Å². The molecule has 3 unspecified atom stereocenters. The SMILES string of the molecule is O=S([O-])C(C1CCC(c2[nH]ncc3cnc4nccc4c23)CC1)N1CCCC(COc2ccc(Cl)cc2)C1. The van der Waals surface area contributed by atoms with Crippen molar-refractivity contribution in [3.05, 3.63) is 59.6 Å². The molecular weight excluding hydrogens is 522 g/mol. The van der Waals surface area contributed by atoms with E-state index >= 15 is 0 Å². The number of nitrogens with zero attached hydrogens (tertiary/aromatic N) is 4. The molecular formula is C28H31ClN5O3S-. The van der Waals surface area contributed by atoms with E-state index in [-0.39, 0.29) is 5.92 Å².